The summed E-state index contributed by atoms with van der Waals surface area (Å²) in [5.74, 6) is -3.27. The summed E-state index contributed by atoms with van der Waals surface area (Å²) >= 11 is 0. The SMILES string of the molecule is CCN(CC(=O)Nc1ccc(F)cc1F)C(C)(C)C(=O)O. The van der Waals surface area contributed by atoms with Crippen LogP contribution in [0.15, 0.2) is 18.2 Å². The summed E-state index contributed by atoms with van der Waals surface area (Å²) in [6.45, 7) is 4.79. The molecule has 0 heterocycles. The van der Waals surface area contributed by atoms with Crippen LogP contribution in [0, 0.1) is 11.6 Å². The van der Waals surface area contributed by atoms with Gasteiger partial charge in [-0.25, -0.2) is 8.78 Å². The van der Waals surface area contributed by atoms with Gasteiger partial charge in [0.2, 0.25) is 5.91 Å². The van der Waals surface area contributed by atoms with Crippen molar-refractivity contribution in [2.75, 3.05) is 18.4 Å². The summed E-state index contributed by atoms with van der Waals surface area (Å²) in [4.78, 5) is 24.5. The molecule has 1 rings (SSSR count). The van der Waals surface area contributed by atoms with Crippen molar-refractivity contribution in [3.8, 4) is 0 Å². The molecule has 0 saturated carbocycles. The predicted molar refractivity (Wildman–Crippen MR) is 73.9 cm³/mol. The normalized spacial score (nSPS) is 11.5. The van der Waals surface area contributed by atoms with E-state index in [1.807, 2.05) is 0 Å². The Kier molecular flexibility index (Phi) is 5.37. The lowest BCUT2D eigenvalue weighted by Gasteiger charge is -2.33. The standard InChI is InChI=1S/C14H18F2N2O3/c1-4-18(14(2,3)13(20)21)8-12(19)17-11-6-5-9(15)7-10(11)16/h5-7H,4,8H2,1-3H3,(H,17,19)(H,20,21). The number of carbonyl (C=O) groups excluding carboxylic acids is 1. The molecule has 0 aromatic heterocycles. The highest BCUT2D eigenvalue weighted by Crippen LogP contribution is 2.17. The van der Waals surface area contributed by atoms with Crippen LogP contribution in [0.5, 0.6) is 0 Å². The summed E-state index contributed by atoms with van der Waals surface area (Å²) in [7, 11) is 0. The number of hydrogen-bond acceptors (Lipinski definition) is 3. The number of amides is 1. The second-order valence-electron chi connectivity index (χ2n) is 5.05. The fourth-order valence-electron chi connectivity index (χ4n) is 1.79. The third-order valence-corrected chi connectivity index (χ3v) is 3.24. The Morgan fingerprint density at radius 2 is 1.95 bits per heavy atom. The highest BCUT2D eigenvalue weighted by atomic mass is 19.1. The number of hydrogen-bond donors (Lipinski definition) is 2. The molecule has 21 heavy (non-hydrogen) atoms. The molecule has 0 aliphatic heterocycles. The first-order valence-corrected chi connectivity index (χ1v) is 6.41. The number of halogens is 2. The van der Waals surface area contributed by atoms with E-state index in [1.165, 1.54) is 18.7 Å². The lowest BCUT2D eigenvalue weighted by molar-refractivity contribution is -0.149. The van der Waals surface area contributed by atoms with Gasteiger partial charge in [0.15, 0.2) is 0 Å². The second-order valence-corrected chi connectivity index (χ2v) is 5.05. The van der Waals surface area contributed by atoms with Crippen molar-refractivity contribution in [2.24, 2.45) is 0 Å². The lowest BCUT2D eigenvalue weighted by Crippen LogP contribution is -2.52. The Labute approximate surface area is 121 Å². The van der Waals surface area contributed by atoms with Gasteiger partial charge in [-0.15, -0.1) is 0 Å². The summed E-state index contributed by atoms with van der Waals surface area (Å²) in [5, 5.41) is 11.4. The summed E-state index contributed by atoms with van der Waals surface area (Å²) in [6.07, 6.45) is 0. The molecule has 7 heteroatoms. The van der Waals surface area contributed by atoms with Crippen molar-refractivity contribution in [3.63, 3.8) is 0 Å². The Hall–Kier alpha value is -2.02. The molecule has 2 N–H and O–H groups in total. The number of carboxylic acid groups (broad SMARTS) is 1. The van der Waals surface area contributed by atoms with Crippen LogP contribution in [0.1, 0.15) is 20.8 Å². The highest BCUT2D eigenvalue weighted by Gasteiger charge is 2.34. The number of nitrogens with zero attached hydrogens (tertiary/aromatic N) is 1. The van der Waals surface area contributed by atoms with Gasteiger partial charge in [0.25, 0.3) is 0 Å². The minimum absolute atomic E-state index is 0.148. The van der Waals surface area contributed by atoms with Crippen LogP contribution >= 0.6 is 0 Å². The molecule has 0 fully saturated rings. The van der Waals surface area contributed by atoms with Crippen molar-refractivity contribution in [1.82, 2.24) is 4.90 Å². The van der Waals surface area contributed by atoms with Crippen LogP contribution in [0.4, 0.5) is 14.5 Å². The van der Waals surface area contributed by atoms with Crippen LogP contribution in [-0.4, -0.2) is 40.5 Å². The Morgan fingerprint density at radius 1 is 1.33 bits per heavy atom. The van der Waals surface area contributed by atoms with E-state index in [-0.39, 0.29) is 12.2 Å². The molecule has 1 amide bonds. The van der Waals surface area contributed by atoms with Gasteiger partial charge in [0.05, 0.1) is 12.2 Å². The zero-order valence-electron chi connectivity index (χ0n) is 12.1. The van der Waals surface area contributed by atoms with E-state index in [2.05, 4.69) is 5.32 Å². The molecule has 0 saturated heterocycles. The van der Waals surface area contributed by atoms with Crippen molar-refractivity contribution < 1.29 is 23.5 Å². The quantitative estimate of drug-likeness (QED) is 0.844. The van der Waals surface area contributed by atoms with Gasteiger partial charge in [0.1, 0.15) is 17.2 Å². The molecule has 0 unspecified atom stereocenters. The Bertz CT molecular complexity index is 547. The van der Waals surface area contributed by atoms with E-state index < -0.39 is 29.0 Å². The molecule has 0 atom stereocenters. The van der Waals surface area contributed by atoms with Crippen LogP contribution in [0.2, 0.25) is 0 Å². The fraction of sp³-hybridized carbons (Fsp3) is 0.429. The van der Waals surface area contributed by atoms with E-state index >= 15 is 0 Å². The topological polar surface area (TPSA) is 69.6 Å². The molecule has 0 aliphatic rings. The van der Waals surface area contributed by atoms with Gasteiger partial charge in [-0.2, -0.15) is 0 Å². The van der Waals surface area contributed by atoms with Gasteiger partial charge in [-0.05, 0) is 32.5 Å². The number of carbonyl (C=O) groups is 2. The molecular formula is C14H18F2N2O3. The largest absolute Gasteiger partial charge is 0.480 e. The van der Waals surface area contributed by atoms with E-state index in [9.17, 15) is 18.4 Å². The molecule has 1 aromatic carbocycles. The maximum Gasteiger partial charge on any atom is 0.323 e. The third kappa shape index (κ3) is 4.22. The van der Waals surface area contributed by atoms with Crippen molar-refractivity contribution in [2.45, 2.75) is 26.3 Å². The molecule has 116 valence electrons. The number of benzene rings is 1. The van der Waals surface area contributed by atoms with E-state index in [1.54, 1.807) is 6.92 Å². The first kappa shape index (κ1) is 17.0. The smallest absolute Gasteiger partial charge is 0.323 e. The number of likely N-dealkylation sites (N-methyl/N-ethyl adjacent to an activating group) is 1. The van der Waals surface area contributed by atoms with E-state index in [0.717, 1.165) is 12.1 Å². The van der Waals surface area contributed by atoms with E-state index in [0.29, 0.717) is 12.6 Å². The van der Waals surface area contributed by atoms with Gasteiger partial charge in [0, 0.05) is 6.07 Å². The molecule has 0 spiro atoms. The highest BCUT2D eigenvalue weighted by molar-refractivity contribution is 5.93. The number of nitrogens with one attached hydrogen (secondary N) is 1. The van der Waals surface area contributed by atoms with Gasteiger partial charge in [-0.1, -0.05) is 6.92 Å². The molecular weight excluding hydrogens is 282 g/mol. The maximum atomic E-state index is 13.4. The van der Waals surface area contributed by atoms with Gasteiger partial charge in [-0.3, -0.25) is 14.5 Å². The third-order valence-electron chi connectivity index (χ3n) is 3.24. The molecule has 5 nitrogen and oxygen atoms in total. The first-order valence-electron chi connectivity index (χ1n) is 6.41. The van der Waals surface area contributed by atoms with Crippen LogP contribution < -0.4 is 5.32 Å². The molecule has 1 aromatic rings. The Morgan fingerprint density at radius 3 is 2.43 bits per heavy atom. The Balaban J connectivity index is 2.78. The first-order chi connectivity index (χ1) is 9.68. The van der Waals surface area contributed by atoms with Gasteiger partial charge < -0.3 is 10.4 Å². The van der Waals surface area contributed by atoms with Crippen LogP contribution in [0.3, 0.4) is 0 Å². The van der Waals surface area contributed by atoms with Crippen molar-refractivity contribution in [1.29, 1.82) is 0 Å². The monoisotopic (exact) mass is 300 g/mol. The number of anilines is 1. The maximum absolute atomic E-state index is 13.4. The summed E-state index contributed by atoms with van der Waals surface area (Å²) in [5.41, 5.74) is -1.38. The number of aliphatic carboxylic acids is 1. The average Bonchev–Trinajstić information content (AvgIpc) is 2.38. The number of carboxylic acids is 1. The molecule has 0 aliphatic carbocycles. The molecule has 0 bridgehead atoms. The minimum Gasteiger partial charge on any atom is -0.480 e. The predicted octanol–water partition coefficient (Wildman–Crippen LogP) is 2.09. The minimum atomic E-state index is -1.23. The zero-order chi connectivity index (χ0) is 16.2. The lowest BCUT2D eigenvalue weighted by atomic mass is 10.0. The fourth-order valence-corrected chi connectivity index (χ4v) is 1.79. The number of rotatable bonds is 6. The zero-order valence-corrected chi connectivity index (χ0v) is 12.1. The summed E-state index contributed by atoms with van der Waals surface area (Å²) < 4.78 is 26.2. The van der Waals surface area contributed by atoms with Crippen LogP contribution in [0.25, 0.3) is 0 Å². The second kappa shape index (κ2) is 6.62. The van der Waals surface area contributed by atoms with Crippen LogP contribution in [-0.2, 0) is 9.59 Å². The van der Waals surface area contributed by atoms with E-state index in [4.69, 9.17) is 5.11 Å². The molecule has 0 radical (unpaired) electrons. The van der Waals surface area contributed by atoms with Crippen molar-refractivity contribution >= 4 is 17.6 Å². The van der Waals surface area contributed by atoms with Gasteiger partial charge >= 0.3 is 5.97 Å². The summed E-state index contributed by atoms with van der Waals surface area (Å²) in [6, 6.07) is 2.80. The average molecular weight is 300 g/mol. The van der Waals surface area contributed by atoms with Crippen molar-refractivity contribution in [3.05, 3.63) is 29.8 Å².